The SMILES string of the molecule is COc1cc(C(=N)NO)cc(C(=O)O)c1OC. The standard InChI is InChI=1S/C10H12N2O5/c1-16-7-4-5(9(11)12-15)3-6(10(13)14)8(7)17-2/h3-4,15H,1-2H3,(H2,11,12)(H,13,14). The highest BCUT2D eigenvalue weighted by molar-refractivity contribution is 6.00. The van der Waals surface area contributed by atoms with Crippen LogP contribution in [0.4, 0.5) is 0 Å². The third-order valence-corrected chi connectivity index (χ3v) is 2.11. The van der Waals surface area contributed by atoms with Crippen LogP contribution in [0.1, 0.15) is 15.9 Å². The molecule has 4 N–H and O–H groups in total. The van der Waals surface area contributed by atoms with Gasteiger partial charge in [-0.3, -0.25) is 16.1 Å². The zero-order chi connectivity index (χ0) is 13.0. The van der Waals surface area contributed by atoms with Crippen LogP contribution in [0.3, 0.4) is 0 Å². The number of hydrogen-bond acceptors (Lipinski definition) is 5. The molecule has 0 saturated carbocycles. The average Bonchev–Trinajstić information content (AvgIpc) is 2.35. The van der Waals surface area contributed by atoms with Gasteiger partial charge in [-0.2, -0.15) is 0 Å². The smallest absolute Gasteiger partial charge is 0.339 e. The second-order valence-electron chi connectivity index (χ2n) is 3.05. The Hall–Kier alpha value is -2.28. The van der Waals surface area contributed by atoms with Gasteiger partial charge in [0.2, 0.25) is 0 Å². The molecular formula is C10H12N2O5. The molecule has 17 heavy (non-hydrogen) atoms. The largest absolute Gasteiger partial charge is 0.493 e. The Morgan fingerprint density at radius 2 is 2.00 bits per heavy atom. The molecule has 0 saturated heterocycles. The summed E-state index contributed by atoms with van der Waals surface area (Å²) in [7, 11) is 2.67. The minimum absolute atomic E-state index is 0.0643. The normalized spacial score (nSPS) is 9.59. The fourth-order valence-corrected chi connectivity index (χ4v) is 1.33. The Balaban J connectivity index is 3.45. The maximum atomic E-state index is 11.0. The number of benzene rings is 1. The van der Waals surface area contributed by atoms with E-state index in [-0.39, 0.29) is 28.5 Å². The van der Waals surface area contributed by atoms with Gasteiger partial charge in [0.25, 0.3) is 0 Å². The van der Waals surface area contributed by atoms with Crippen LogP contribution in [0.5, 0.6) is 11.5 Å². The van der Waals surface area contributed by atoms with Crippen molar-refractivity contribution in [2.24, 2.45) is 0 Å². The molecule has 0 amide bonds. The van der Waals surface area contributed by atoms with Crippen molar-refractivity contribution < 1.29 is 24.6 Å². The first kappa shape index (κ1) is 12.8. The summed E-state index contributed by atoms with van der Waals surface area (Å²) in [5, 5.41) is 25.0. The molecule has 0 bridgehead atoms. The molecule has 0 radical (unpaired) electrons. The van der Waals surface area contributed by atoms with Crippen LogP contribution < -0.4 is 15.0 Å². The fourth-order valence-electron chi connectivity index (χ4n) is 1.33. The lowest BCUT2D eigenvalue weighted by Crippen LogP contribution is -2.19. The predicted octanol–water partition coefficient (Wildman–Crippen LogP) is 0.706. The molecule has 0 aromatic heterocycles. The van der Waals surface area contributed by atoms with Gasteiger partial charge >= 0.3 is 5.97 Å². The van der Waals surface area contributed by atoms with Crippen LogP contribution >= 0.6 is 0 Å². The number of amidine groups is 1. The topological polar surface area (TPSA) is 112 Å². The second kappa shape index (κ2) is 5.17. The molecule has 0 heterocycles. The lowest BCUT2D eigenvalue weighted by atomic mass is 10.1. The summed E-state index contributed by atoms with van der Waals surface area (Å²) < 4.78 is 9.91. The third-order valence-electron chi connectivity index (χ3n) is 2.11. The number of nitrogens with one attached hydrogen (secondary N) is 2. The van der Waals surface area contributed by atoms with Crippen molar-refractivity contribution in [1.29, 1.82) is 5.41 Å². The monoisotopic (exact) mass is 240 g/mol. The molecular weight excluding hydrogens is 228 g/mol. The Morgan fingerprint density at radius 1 is 1.35 bits per heavy atom. The van der Waals surface area contributed by atoms with E-state index in [1.165, 1.54) is 26.4 Å². The van der Waals surface area contributed by atoms with E-state index in [0.29, 0.717) is 0 Å². The number of hydrogen-bond donors (Lipinski definition) is 4. The van der Waals surface area contributed by atoms with Gasteiger partial charge in [-0.15, -0.1) is 0 Å². The van der Waals surface area contributed by atoms with Gasteiger partial charge in [0, 0.05) is 5.56 Å². The lowest BCUT2D eigenvalue weighted by molar-refractivity contribution is 0.0692. The van der Waals surface area contributed by atoms with Crippen LogP contribution in [0.15, 0.2) is 12.1 Å². The van der Waals surface area contributed by atoms with Crippen LogP contribution in [0.2, 0.25) is 0 Å². The minimum Gasteiger partial charge on any atom is -0.493 e. The van der Waals surface area contributed by atoms with E-state index in [9.17, 15) is 4.79 Å². The highest BCUT2D eigenvalue weighted by Gasteiger charge is 2.19. The molecule has 7 nitrogen and oxygen atoms in total. The van der Waals surface area contributed by atoms with Crippen molar-refractivity contribution in [3.63, 3.8) is 0 Å². The number of rotatable bonds is 4. The maximum Gasteiger partial charge on any atom is 0.339 e. The van der Waals surface area contributed by atoms with Gasteiger partial charge in [-0.1, -0.05) is 0 Å². The molecule has 0 spiro atoms. The number of methoxy groups -OCH3 is 2. The highest BCUT2D eigenvalue weighted by atomic mass is 16.5. The Kier molecular flexibility index (Phi) is 3.89. The van der Waals surface area contributed by atoms with Crippen molar-refractivity contribution in [2.75, 3.05) is 14.2 Å². The van der Waals surface area contributed by atoms with E-state index in [2.05, 4.69) is 0 Å². The number of carboxylic acids is 1. The molecule has 0 unspecified atom stereocenters. The molecule has 1 aromatic carbocycles. The second-order valence-corrected chi connectivity index (χ2v) is 3.05. The average molecular weight is 240 g/mol. The first-order chi connectivity index (χ1) is 8.04. The molecule has 1 rings (SSSR count). The van der Waals surface area contributed by atoms with Gasteiger partial charge in [-0.05, 0) is 12.1 Å². The van der Waals surface area contributed by atoms with E-state index in [1.54, 1.807) is 5.48 Å². The minimum atomic E-state index is -1.22. The summed E-state index contributed by atoms with van der Waals surface area (Å²) in [4.78, 5) is 11.0. The molecule has 0 aliphatic carbocycles. The van der Waals surface area contributed by atoms with Crippen molar-refractivity contribution in [2.45, 2.75) is 0 Å². The Labute approximate surface area is 97.1 Å². The van der Waals surface area contributed by atoms with E-state index < -0.39 is 5.97 Å². The van der Waals surface area contributed by atoms with Crippen molar-refractivity contribution >= 4 is 11.8 Å². The van der Waals surface area contributed by atoms with Crippen molar-refractivity contribution in [3.8, 4) is 11.5 Å². The van der Waals surface area contributed by atoms with Crippen molar-refractivity contribution in [1.82, 2.24) is 5.48 Å². The zero-order valence-corrected chi connectivity index (χ0v) is 9.27. The maximum absolute atomic E-state index is 11.0. The summed E-state index contributed by atoms with van der Waals surface area (Å²) in [5.41, 5.74) is 1.65. The van der Waals surface area contributed by atoms with E-state index in [1.807, 2.05) is 0 Å². The predicted molar refractivity (Wildman–Crippen MR) is 58.3 cm³/mol. The highest BCUT2D eigenvalue weighted by Crippen LogP contribution is 2.32. The van der Waals surface area contributed by atoms with Crippen LogP contribution in [-0.2, 0) is 0 Å². The molecule has 0 atom stereocenters. The number of hydroxylamine groups is 1. The fraction of sp³-hybridized carbons (Fsp3) is 0.200. The summed E-state index contributed by atoms with van der Waals surface area (Å²) in [6, 6.07) is 2.59. The third kappa shape index (κ3) is 2.45. The summed E-state index contributed by atoms with van der Waals surface area (Å²) in [6.07, 6.45) is 0. The zero-order valence-electron chi connectivity index (χ0n) is 9.27. The van der Waals surface area contributed by atoms with E-state index in [0.717, 1.165) is 0 Å². The van der Waals surface area contributed by atoms with Crippen LogP contribution in [0, 0.1) is 5.41 Å². The number of carboxylic acid groups (broad SMARTS) is 1. The van der Waals surface area contributed by atoms with Gasteiger partial charge in [0.05, 0.1) is 14.2 Å². The lowest BCUT2D eigenvalue weighted by Gasteiger charge is -2.12. The molecule has 1 aromatic rings. The number of carbonyl (C=O) groups is 1. The quantitative estimate of drug-likeness (QED) is 0.350. The Morgan fingerprint density at radius 3 is 2.41 bits per heavy atom. The molecule has 92 valence electrons. The van der Waals surface area contributed by atoms with E-state index in [4.69, 9.17) is 25.2 Å². The number of ether oxygens (including phenoxy) is 2. The molecule has 0 fully saturated rings. The van der Waals surface area contributed by atoms with Gasteiger partial charge in [-0.25, -0.2) is 4.79 Å². The number of aromatic carboxylic acids is 1. The molecule has 0 aliphatic rings. The van der Waals surface area contributed by atoms with Crippen molar-refractivity contribution in [3.05, 3.63) is 23.3 Å². The molecule has 0 aliphatic heterocycles. The van der Waals surface area contributed by atoms with E-state index >= 15 is 0 Å². The van der Waals surface area contributed by atoms with Gasteiger partial charge < -0.3 is 14.6 Å². The van der Waals surface area contributed by atoms with Gasteiger partial charge in [0.1, 0.15) is 11.4 Å². The van der Waals surface area contributed by atoms with Crippen LogP contribution in [-0.4, -0.2) is 36.3 Å². The summed E-state index contributed by atoms with van der Waals surface area (Å²) in [6.45, 7) is 0. The first-order valence-electron chi connectivity index (χ1n) is 4.53. The molecule has 7 heteroatoms. The summed E-state index contributed by atoms with van der Waals surface area (Å²) in [5.74, 6) is -1.32. The van der Waals surface area contributed by atoms with Crippen LogP contribution in [0.25, 0.3) is 0 Å². The Bertz CT molecular complexity index is 458. The van der Waals surface area contributed by atoms with Gasteiger partial charge in [0.15, 0.2) is 11.5 Å². The first-order valence-corrected chi connectivity index (χ1v) is 4.53. The summed E-state index contributed by atoms with van der Waals surface area (Å²) >= 11 is 0.